The molecule has 2 heterocycles. The van der Waals surface area contributed by atoms with Crippen LogP contribution in [0.5, 0.6) is 0 Å². The van der Waals surface area contributed by atoms with Gasteiger partial charge in [-0.15, -0.1) is 0 Å². The van der Waals surface area contributed by atoms with Crippen molar-refractivity contribution in [2.45, 2.75) is 25.4 Å². The highest BCUT2D eigenvalue weighted by atomic mass is 16.5. The quantitative estimate of drug-likeness (QED) is 0.578. The zero-order chi connectivity index (χ0) is 12.6. The van der Waals surface area contributed by atoms with Crippen LogP contribution in [0.25, 0.3) is 0 Å². The lowest BCUT2D eigenvalue weighted by atomic mass is 9.92. The van der Waals surface area contributed by atoms with Gasteiger partial charge in [-0.1, -0.05) is 0 Å². The molecule has 0 spiro atoms. The van der Waals surface area contributed by atoms with Gasteiger partial charge in [0, 0.05) is 7.11 Å². The third-order valence-corrected chi connectivity index (χ3v) is 2.90. The number of ether oxygens (including phenoxy) is 1. The molecule has 0 bridgehead atoms. The average molecular weight is 239 g/mol. The maximum absolute atomic E-state index is 11.7. The number of nitrogens with zero attached hydrogens (tertiary/aromatic N) is 1. The minimum Gasteiger partial charge on any atom is -0.382 e. The van der Waals surface area contributed by atoms with Gasteiger partial charge in [0.2, 0.25) is 5.95 Å². The van der Waals surface area contributed by atoms with Crippen LogP contribution in [0.15, 0.2) is 4.79 Å². The number of aromatic nitrogens is 2. The lowest BCUT2D eigenvalue weighted by Crippen LogP contribution is -2.54. The number of anilines is 3. The van der Waals surface area contributed by atoms with Gasteiger partial charge in [0.05, 0.1) is 18.2 Å². The highest BCUT2D eigenvalue weighted by Gasteiger charge is 2.36. The number of rotatable bonds is 2. The first-order valence-corrected chi connectivity index (χ1v) is 5.37. The number of nitrogens with one attached hydrogen (secondary N) is 3. The summed E-state index contributed by atoms with van der Waals surface area (Å²) in [6, 6.07) is -0.0217. The van der Waals surface area contributed by atoms with Crippen molar-refractivity contribution in [1.82, 2.24) is 9.97 Å². The first kappa shape index (κ1) is 11.7. The lowest BCUT2D eigenvalue weighted by Gasteiger charge is -2.40. The molecule has 0 fully saturated rings. The van der Waals surface area contributed by atoms with Crippen LogP contribution in [-0.2, 0) is 4.74 Å². The molecule has 7 heteroatoms. The standard InChI is InChI=1S/C10H17N5O2/c1-10(2)5(4-17-3)12-6-7(15-10)13-9(11)14-8(6)16/h5,12H,4H2,1-3H3,(H4,11,13,14,15,16). The predicted molar refractivity (Wildman–Crippen MR) is 66.3 cm³/mol. The second-order valence-electron chi connectivity index (χ2n) is 4.67. The van der Waals surface area contributed by atoms with Gasteiger partial charge in [0.15, 0.2) is 5.82 Å². The van der Waals surface area contributed by atoms with E-state index in [-0.39, 0.29) is 23.1 Å². The SMILES string of the molecule is COCC1Nc2c(nc(N)[nH]c2=O)NC1(C)C. The van der Waals surface area contributed by atoms with E-state index in [1.54, 1.807) is 7.11 Å². The van der Waals surface area contributed by atoms with E-state index in [0.29, 0.717) is 18.1 Å². The molecular weight excluding hydrogens is 222 g/mol. The molecule has 0 radical (unpaired) electrons. The smallest absolute Gasteiger partial charge is 0.277 e. The summed E-state index contributed by atoms with van der Waals surface area (Å²) in [4.78, 5) is 18.3. The van der Waals surface area contributed by atoms with Crippen molar-refractivity contribution in [3.63, 3.8) is 0 Å². The molecule has 5 N–H and O–H groups in total. The van der Waals surface area contributed by atoms with Crippen molar-refractivity contribution in [3.05, 3.63) is 10.4 Å². The number of hydrogen-bond acceptors (Lipinski definition) is 6. The molecule has 94 valence electrons. The van der Waals surface area contributed by atoms with Gasteiger partial charge in [-0.25, -0.2) is 0 Å². The Bertz CT molecular complexity index is 482. The summed E-state index contributed by atoms with van der Waals surface area (Å²) >= 11 is 0. The van der Waals surface area contributed by atoms with Crippen molar-refractivity contribution in [1.29, 1.82) is 0 Å². The van der Waals surface area contributed by atoms with E-state index in [1.807, 2.05) is 13.8 Å². The van der Waals surface area contributed by atoms with E-state index in [2.05, 4.69) is 20.6 Å². The predicted octanol–water partition coefficient (Wildman–Crippen LogP) is -0.0169. The van der Waals surface area contributed by atoms with Crippen LogP contribution in [0.3, 0.4) is 0 Å². The fourth-order valence-electron chi connectivity index (χ4n) is 1.88. The van der Waals surface area contributed by atoms with E-state index in [1.165, 1.54) is 0 Å². The summed E-state index contributed by atoms with van der Waals surface area (Å²) < 4.78 is 5.14. The van der Waals surface area contributed by atoms with Crippen LogP contribution in [0.2, 0.25) is 0 Å². The van der Waals surface area contributed by atoms with Crippen molar-refractivity contribution in [3.8, 4) is 0 Å². The number of hydrogen-bond donors (Lipinski definition) is 4. The van der Waals surface area contributed by atoms with Crippen molar-refractivity contribution >= 4 is 17.5 Å². The van der Waals surface area contributed by atoms with Crippen molar-refractivity contribution in [2.24, 2.45) is 0 Å². The molecule has 1 aromatic rings. The zero-order valence-corrected chi connectivity index (χ0v) is 10.1. The Hall–Kier alpha value is -1.76. The molecule has 0 aromatic carbocycles. The van der Waals surface area contributed by atoms with Crippen molar-refractivity contribution < 1.29 is 4.74 Å². The van der Waals surface area contributed by atoms with Crippen LogP contribution in [0.1, 0.15) is 13.8 Å². The monoisotopic (exact) mass is 239 g/mol. The van der Waals surface area contributed by atoms with Gasteiger partial charge in [0.1, 0.15) is 5.69 Å². The number of methoxy groups -OCH3 is 1. The largest absolute Gasteiger partial charge is 0.382 e. The topological polar surface area (TPSA) is 105 Å². The Morgan fingerprint density at radius 3 is 2.88 bits per heavy atom. The van der Waals surface area contributed by atoms with E-state index >= 15 is 0 Å². The summed E-state index contributed by atoms with van der Waals surface area (Å²) in [5.74, 6) is 0.577. The highest BCUT2D eigenvalue weighted by Crippen LogP contribution is 2.29. The van der Waals surface area contributed by atoms with Gasteiger partial charge < -0.3 is 21.1 Å². The second kappa shape index (κ2) is 3.92. The molecular formula is C10H17N5O2. The second-order valence-corrected chi connectivity index (χ2v) is 4.67. The molecule has 17 heavy (non-hydrogen) atoms. The zero-order valence-electron chi connectivity index (χ0n) is 10.1. The number of aromatic amines is 1. The van der Waals surface area contributed by atoms with Gasteiger partial charge >= 0.3 is 0 Å². The molecule has 7 nitrogen and oxygen atoms in total. The molecule has 1 atom stereocenters. The Labute approximate surface area is 98.8 Å². The molecule has 1 aliphatic rings. The minimum absolute atomic E-state index is 0.0217. The van der Waals surface area contributed by atoms with Gasteiger partial charge in [-0.2, -0.15) is 4.98 Å². The Kier molecular flexibility index (Phi) is 2.70. The summed E-state index contributed by atoms with van der Waals surface area (Å²) in [6.07, 6.45) is 0. The van der Waals surface area contributed by atoms with Gasteiger partial charge in [-0.3, -0.25) is 9.78 Å². The fourth-order valence-corrected chi connectivity index (χ4v) is 1.88. The first-order valence-electron chi connectivity index (χ1n) is 5.37. The number of H-pyrrole nitrogens is 1. The van der Waals surface area contributed by atoms with E-state index in [0.717, 1.165) is 0 Å². The summed E-state index contributed by atoms with van der Waals surface area (Å²) in [5.41, 5.74) is 5.35. The Morgan fingerprint density at radius 1 is 1.53 bits per heavy atom. The molecule has 0 amide bonds. The molecule has 1 unspecified atom stereocenters. The molecule has 0 aliphatic carbocycles. The van der Waals surface area contributed by atoms with Crippen molar-refractivity contribution in [2.75, 3.05) is 30.1 Å². The van der Waals surface area contributed by atoms with E-state index in [4.69, 9.17) is 10.5 Å². The third kappa shape index (κ3) is 2.05. The Morgan fingerprint density at radius 2 is 2.24 bits per heavy atom. The molecule has 1 aliphatic heterocycles. The maximum Gasteiger partial charge on any atom is 0.277 e. The van der Waals surface area contributed by atoms with Crippen LogP contribution in [0, 0.1) is 0 Å². The number of fused-ring (bicyclic) bond motifs is 1. The third-order valence-electron chi connectivity index (χ3n) is 2.90. The van der Waals surface area contributed by atoms with Crippen LogP contribution in [0.4, 0.5) is 17.5 Å². The average Bonchev–Trinajstić information content (AvgIpc) is 2.19. The summed E-state index contributed by atoms with van der Waals surface area (Å²) in [6.45, 7) is 4.50. The maximum atomic E-state index is 11.7. The summed E-state index contributed by atoms with van der Waals surface area (Å²) in [5, 5.41) is 6.33. The fraction of sp³-hybridized carbons (Fsp3) is 0.600. The van der Waals surface area contributed by atoms with E-state index in [9.17, 15) is 4.79 Å². The first-order chi connectivity index (χ1) is 7.94. The van der Waals surface area contributed by atoms with Gasteiger partial charge in [0.25, 0.3) is 5.56 Å². The normalized spacial score (nSPS) is 21.2. The molecule has 1 aromatic heterocycles. The minimum atomic E-state index is -0.282. The Balaban J connectivity index is 2.43. The molecule has 2 rings (SSSR count). The molecule has 0 saturated heterocycles. The van der Waals surface area contributed by atoms with Crippen LogP contribution < -0.4 is 21.9 Å². The molecule has 0 saturated carbocycles. The number of nitrogen functional groups attached to an aromatic ring is 1. The highest BCUT2D eigenvalue weighted by molar-refractivity contribution is 5.69. The van der Waals surface area contributed by atoms with Crippen LogP contribution >= 0.6 is 0 Å². The van der Waals surface area contributed by atoms with Gasteiger partial charge in [-0.05, 0) is 13.8 Å². The van der Waals surface area contributed by atoms with E-state index < -0.39 is 0 Å². The van der Waals surface area contributed by atoms with Crippen LogP contribution in [-0.4, -0.2) is 35.3 Å². The lowest BCUT2D eigenvalue weighted by molar-refractivity contribution is 0.165. The summed E-state index contributed by atoms with van der Waals surface area (Å²) in [7, 11) is 1.62. The number of nitrogens with two attached hydrogens (primary N) is 1.